The van der Waals surface area contributed by atoms with Crippen molar-refractivity contribution >= 4 is 40.4 Å². The van der Waals surface area contributed by atoms with E-state index in [-0.39, 0.29) is 29.5 Å². The molecule has 1 aromatic carbocycles. The Balaban J connectivity index is 1.19. The number of fused-ring (bicyclic) bond motifs is 6. The molecule has 0 spiro atoms. The number of halogens is 1. The van der Waals surface area contributed by atoms with Crippen molar-refractivity contribution in [3.05, 3.63) is 38.6 Å². The topological polar surface area (TPSA) is 130 Å². The van der Waals surface area contributed by atoms with Crippen molar-refractivity contribution in [1.29, 1.82) is 0 Å². The van der Waals surface area contributed by atoms with Crippen molar-refractivity contribution in [3.63, 3.8) is 0 Å². The summed E-state index contributed by atoms with van der Waals surface area (Å²) < 4.78 is 9.35. The highest BCUT2D eigenvalue weighted by molar-refractivity contribution is 14.1. The number of aliphatic hydroxyl groups is 1. The number of aliphatic hydroxyl groups excluding tert-OH is 1. The van der Waals surface area contributed by atoms with E-state index in [0.29, 0.717) is 18.5 Å². The predicted molar refractivity (Wildman–Crippen MR) is 149 cm³/mol. The molecule has 4 N–H and O–H groups in total. The second-order valence-corrected chi connectivity index (χ2v) is 13.5. The number of carboxylic acids is 1. The Bertz CT molecular complexity index is 1240. The molecule has 1 aliphatic carbocycles. The number of benzene rings is 1. The van der Waals surface area contributed by atoms with Crippen LogP contribution in [0.2, 0.25) is 0 Å². The van der Waals surface area contributed by atoms with Crippen LogP contribution in [0.1, 0.15) is 31.7 Å². The van der Waals surface area contributed by atoms with Crippen molar-refractivity contribution in [2.45, 2.75) is 51.0 Å². The lowest BCUT2D eigenvalue weighted by molar-refractivity contribution is -1.08. The van der Waals surface area contributed by atoms with Crippen LogP contribution in [-0.2, 0) is 20.9 Å². The van der Waals surface area contributed by atoms with Gasteiger partial charge in [-0.15, -0.1) is 0 Å². The number of nitrogens with zero attached hydrogens (tertiary/aromatic N) is 3. The summed E-state index contributed by atoms with van der Waals surface area (Å²) in [6, 6.07) is 5.98. The smallest absolute Gasteiger partial charge is 0.352 e. The Kier molecular flexibility index (Phi) is 6.71. The number of carbonyl (C=O) groups is 3. The zero-order valence-corrected chi connectivity index (χ0v) is 24.4. The van der Waals surface area contributed by atoms with Crippen LogP contribution in [0.15, 0.2) is 29.5 Å². The number of amides is 2. The van der Waals surface area contributed by atoms with E-state index < -0.39 is 24.1 Å². The summed E-state index contributed by atoms with van der Waals surface area (Å²) in [4.78, 5) is 38.1. The van der Waals surface area contributed by atoms with Crippen LogP contribution in [0, 0.1) is 15.4 Å². The molecule has 0 aromatic heterocycles. The third-order valence-electron chi connectivity index (χ3n) is 9.99. The van der Waals surface area contributed by atoms with E-state index >= 15 is 0 Å². The van der Waals surface area contributed by atoms with Gasteiger partial charge in [0.15, 0.2) is 6.54 Å². The first-order chi connectivity index (χ1) is 18.5. The third-order valence-corrected chi connectivity index (χ3v) is 10.8. The summed E-state index contributed by atoms with van der Waals surface area (Å²) in [7, 11) is 0. The van der Waals surface area contributed by atoms with Crippen molar-refractivity contribution in [3.8, 4) is 5.75 Å². The van der Waals surface area contributed by atoms with E-state index in [9.17, 15) is 24.6 Å². The van der Waals surface area contributed by atoms with Gasteiger partial charge in [-0.3, -0.25) is 9.59 Å². The maximum absolute atomic E-state index is 12.8. The Morgan fingerprint density at radius 3 is 2.41 bits per heavy atom. The van der Waals surface area contributed by atoms with E-state index in [1.54, 1.807) is 6.92 Å². The second kappa shape index (κ2) is 9.71. The number of carboxylic acid groups (broad SMARTS) is 1. The highest BCUT2D eigenvalue weighted by Crippen LogP contribution is 2.53. The van der Waals surface area contributed by atoms with Gasteiger partial charge in [0.2, 0.25) is 5.91 Å². The van der Waals surface area contributed by atoms with E-state index in [1.165, 1.54) is 10.5 Å². The Labute approximate surface area is 241 Å². The third kappa shape index (κ3) is 4.45. The lowest BCUT2D eigenvalue weighted by atomic mass is 9.71. The minimum Gasteiger partial charge on any atom is -0.485 e. The standard InChI is InChI=1S/C28H35IN4O6/c1-16(34)23-25-18-3-2-4-21(24(18)26(28(37)38)31(25)27(23)36)39-20-6-5-17(13-19(20)29)14-32-7-10-33(11-8-32,12-9-32)15-22(30)35/h5-6,13,16,18,21,23,25,34H,2-4,7-12,14-15H2,1H3,(H-2,30,35,37,38)/p+2. The predicted octanol–water partition coefficient (Wildman–Crippen LogP) is 1.04. The van der Waals surface area contributed by atoms with E-state index in [0.717, 1.165) is 76.9 Å². The van der Waals surface area contributed by atoms with Gasteiger partial charge in [0, 0.05) is 17.1 Å². The molecule has 10 nitrogen and oxygen atoms in total. The van der Waals surface area contributed by atoms with Crippen LogP contribution in [0.3, 0.4) is 0 Å². The largest absolute Gasteiger partial charge is 0.485 e. The number of piperazine rings is 3. The highest BCUT2D eigenvalue weighted by atomic mass is 127. The van der Waals surface area contributed by atoms with Gasteiger partial charge in [-0.1, -0.05) is 0 Å². The molecule has 1 aromatic rings. The zero-order chi connectivity index (χ0) is 27.7. The fraction of sp³-hybridized carbons (Fsp3) is 0.607. The van der Waals surface area contributed by atoms with Gasteiger partial charge < -0.3 is 34.5 Å². The Morgan fingerprint density at radius 2 is 1.82 bits per heavy atom. The molecule has 6 aliphatic rings. The summed E-state index contributed by atoms with van der Waals surface area (Å²) in [6.07, 6.45) is 1.14. The van der Waals surface area contributed by atoms with Crippen LogP contribution < -0.4 is 10.5 Å². The van der Waals surface area contributed by atoms with E-state index in [4.69, 9.17) is 10.5 Å². The SMILES string of the molecule is CC(O)C1C(=O)N2C(C(=O)O)=C3C(Oc4ccc(C[N+]56CC[N+](CC(N)=O)(CC5)CC6)cc4I)CCCC3C12. The number of aliphatic carboxylic acids is 1. The average molecular weight is 653 g/mol. The molecule has 7 rings (SSSR count). The molecule has 2 amide bonds. The summed E-state index contributed by atoms with van der Waals surface area (Å²) >= 11 is 2.30. The number of hydrogen-bond acceptors (Lipinski definition) is 5. The number of β-lactam (4-membered cyclic amide) rings is 1. The number of rotatable bonds is 8. The quantitative estimate of drug-likeness (QED) is 0.219. The van der Waals surface area contributed by atoms with E-state index in [2.05, 4.69) is 34.7 Å². The fourth-order valence-corrected chi connectivity index (χ4v) is 8.69. The molecule has 0 radical (unpaired) electrons. The van der Waals surface area contributed by atoms with Gasteiger partial charge in [0.05, 0.1) is 21.6 Å². The fourth-order valence-electron chi connectivity index (χ4n) is 7.98. The number of ether oxygens (including phenoxy) is 1. The molecule has 1 saturated carbocycles. The lowest BCUT2D eigenvalue weighted by Crippen LogP contribution is -2.75. The molecular weight excluding hydrogens is 615 g/mol. The maximum atomic E-state index is 12.8. The summed E-state index contributed by atoms with van der Waals surface area (Å²) in [5.74, 6) is -1.56. The van der Waals surface area contributed by atoms with Crippen LogP contribution in [0.25, 0.3) is 0 Å². The molecule has 11 heteroatoms. The summed E-state index contributed by atoms with van der Waals surface area (Å²) in [5, 5.41) is 20.3. The van der Waals surface area contributed by atoms with Gasteiger partial charge in [-0.05, 0) is 67.0 Å². The normalized spacial score (nSPS) is 35.8. The first-order valence-corrected chi connectivity index (χ1v) is 15.0. The number of nitrogens with two attached hydrogens (primary N) is 1. The molecular formula is C28H37IN4O6+2. The van der Waals surface area contributed by atoms with Crippen LogP contribution in [0.4, 0.5) is 0 Å². The van der Waals surface area contributed by atoms with E-state index in [1.807, 2.05) is 6.07 Å². The second-order valence-electron chi connectivity index (χ2n) is 12.3. The van der Waals surface area contributed by atoms with Gasteiger partial charge in [0.1, 0.15) is 63.4 Å². The molecule has 5 fully saturated rings. The number of carbonyl (C=O) groups excluding carboxylic acids is 2. The number of quaternary nitrogens is 2. The highest BCUT2D eigenvalue weighted by Gasteiger charge is 2.62. The van der Waals surface area contributed by atoms with Crippen molar-refractivity contribution < 1.29 is 38.3 Å². The first-order valence-electron chi connectivity index (χ1n) is 14.0. The minimum absolute atomic E-state index is 0.0556. The van der Waals surface area contributed by atoms with Gasteiger partial charge in [-0.25, -0.2) is 4.79 Å². The molecule has 5 atom stereocenters. The maximum Gasteiger partial charge on any atom is 0.352 e. The monoisotopic (exact) mass is 652 g/mol. The van der Waals surface area contributed by atoms with Crippen molar-refractivity contribution in [2.75, 3.05) is 45.8 Å². The molecule has 5 unspecified atom stereocenters. The molecule has 5 heterocycles. The van der Waals surface area contributed by atoms with Gasteiger partial charge in [-0.2, -0.15) is 0 Å². The van der Waals surface area contributed by atoms with Crippen LogP contribution in [0.5, 0.6) is 5.75 Å². The minimum atomic E-state index is -1.11. The van der Waals surface area contributed by atoms with Crippen LogP contribution in [-0.4, -0.2) is 106 Å². The average Bonchev–Trinajstić information content (AvgIpc) is 3.17. The number of primary amides is 1. The first kappa shape index (κ1) is 27.0. The summed E-state index contributed by atoms with van der Waals surface area (Å²) in [6.45, 7) is 9.08. The molecule has 210 valence electrons. The lowest BCUT2D eigenvalue weighted by Gasteiger charge is -2.55. The van der Waals surface area contributed by atoms with Gasteiger partial charge in [0.25, 0.3) is 5.91 Å². The molecule has 39 heavy (non-hydrogen) atoms. The van der Waals surface area contributed by atoms with Gasteiger partial charge >= 0.3 is 5.97 Å². The van der Waals surface area contributed by atoms with Crippen molar-refractivity contribution in [2.24, 2.45) is 17.6 Å². The number of hydrogen-bond donors (Lipinski definition) is 3. The summed E-state index contributed by atoms with van der Waals surface area (Å²) in [5.41, 5.74) is 7.51. The molecule has 5 aliphatic heterocycles. The Hall–Kier alpha value is -2.22. The van der Waals surface area contributed by atoms with Crippen molar-refractivity contribution in [1.82, 2.24) is 4.90 Å². The van der Waals surface area contributed by atoms with Crippen LogP contribution >= 0.6 is 22.6 Å². The molecule has 2 bridgehead atoms. The molecule has 4 saturated heterocycles. The Morgan fingerprint density at radius 1 is 1.15 bits per heavy atom. The zero-order valence-electron chi connectivity index (χ0n) is 22.2.